The zero-order valence-corrected chi connectivity index (χ0v) is 17.4. The highest BCUT2D eigenvalue weighted by molar-refractivity contribution is 9.10. The predicted molar refractivity (Wildman–Crippen MR) is 111 cm³/mol. The number of H-pyrrole nitrogens is 1. The molecule has 0 aliphatic heterocycles. The van der Waals surface area contributed by atoms with Gasteiger partial charge in [-0.25, -0.2) is 9.98 Å². The van der Waals surface area contributed by atoms with Crippen LogP contribution in [-0.2, 0) is 6.54 Å². The van der Waals surface area contributed by atoms with Crippen molar-refractivity contribution in [3.05, 3.63) is 53.0 Å². The van der Waals surface area contributed by atoms with E-state index >= 15 is 0 Å². The molecule has 148 valence electrons. The van der Waals surface area contributed by atoms with Gasteiger partial charge in [0.05, 0.1) is 17.3 Å². The predicted octanol–water partition coefficient (Wildman–Crippen LogP) is 3.35. The number of hydrogen-bond acceptors (Lipinski definition) is 5. The van der Waals surface area contributed by atoms with Gasteiger partial charge in [0.15, 0.2) is 11.7 Å². The summed E-state index contributed by atoms with van der Waals surface area (Å²) in [6.45, 7) is 5.73. The van der Waals surface area contributed by atoms with Crippen molar-refractivity contribution in [3.8, 4) is 17.3 Å². The Morgan fingerprint density at radius 3 is 2.89 bits per heavy atom. The quantitative estimate of drug-likeness (QED) is 0.362. The summed E-state index contributed by atoms with van der Waals surface area (Å²) in [5.74, 6) is 3.28. The molecular formula is C19H23BrN6O2. The van der Waals surface area contributed by atoms with Crippen molar-refractivity contribution < 1.29 is 9.15 Å². The average Bonchev–Trinajstić information content (AvgIpc) is 3.37. The van der Waals surface area contributed by atoms with E-state index in [0.717, 1.165) is 16.8 Å². The fourth-order valence-electron chi connectivity index (χ4n) is 2.42. The first-order valence-electron chi connectivity index (χ1n) is 9.04. The summed E-state index contributed by atoms with van der Waals surface area (Å²) in [5.41, 5.74) is 0. The summed E-state index contributed by atoms with van der Waals surface area (Å²) < 4.78 is 12.2. The average molecular weight is 447 g/mol. The molecule has 0 spiro atoms. The molecule has 0 saturated heterocycles. The van der Waals surface area contributed by atoms with Gasteiger partial charge in [0.1, 0.15) is 24.2 Å². The number of para-hydroxylation sites is 1. The highest BCUT2D eigenvalue weighted by Gasteiger charge is 2.10. The minimum Gasteiger partial charge on any atom is -0.488 e. The molecule has 0 aliphatic carbocycles. The molecule has 1 aromatic carbocycles. The van der Waals surface area contributed by atoms with Gasteiger partial charge < -0.3 is 19.8 Å². The highest BCUT2D eigenvalue weighted by Crippen LogP contribution is 2.24. The third kappa shape index (κ3) is 5.59. The number of rotatable bonds is 8. The van der Waals surface area contributed by atoms with Crippen molar-refractivity contribution >= 4 is 21.9 Å². The van der Waals surface area contributed by atoms with Gasteiger partial charge in [0.2, 0.25) is 5.82 Å². The highest BCUT2D eigenvalue weighted by atomic mass is 79.9. The van der Waals surface area contributed by atoms with Gasteiger partial charge in [-0.15, -0.1) is 5.10 Å². The maximum absolute atomic E-state index is 5.95. The number of aromatic amines is 1. The second-order valence-corrected chi connectivity index (χ2v) is 6.87. The Morgan fingerprint density at radius 1 is 1.29 bits per heavy atom. The van der Waals surface area contributed by atoms with Crippen LogP contribution in [0.3, 0.4) is 0 Å². The number of aliphatic imine (C=N–C) groups is 1. The Morgan fingerprint density at radius 2 is 2.14 bits per heavy atom. The molecule has 0 fully saturated rings. The lowest BCUT2D eigenvalue weighted by molar-refractivity contribution is 0.222. The Balaban J connectivity index is 1.54. The van der Waals surface area contributed by atoms with Crippen molar-refractivity contribution in [2.24, 2.45) is 4.99 Å². The number of halogens is 1. The Labute approximate surface area is 171 Å². The van der Waals surface area contributed by atoms with E-state index in [2.05, 4.69) is 46.7 Å². The van der Waals surface area contributed by atoms with Crippen LogP contribution in [0.25, 0.3) is 11.6 Å². The molecule has 3 rings (SSSR count). The second-order valence-electron chi connectivity index (χ2n) is 6.02. The number of aromatic nitrogens is 3. The first kappa shape index (κ1) is 19.9. The molecule has 3 aromatic rings. The van der Waals surface area contributed by atoms with Crippen LogP contribution >= 0.6 is 15.9 Å². The number of nitrogens with zero attached hydrogens (tertiary/aromatic N) is 3. The van der Waals surface area contributed by atoms with Crippen LogP contribution in [0.15, 0.2) is 56.5 Å². The summed E-state index contributed by atoms with van der Waals surface area (Å²) in [6.07, 6.45) is 1.55. The first-order valence-corrected chi connectivity index (χ1v) is 9.83. The molecule has 0 aliphatic rings. The van der Waals surface area contributed by atoms with Crippen molar-refractivity contribution in [1.82, 2.24) is 25.8 Å². The van der Waals surface area contributed by atoms with E-state index in [1.165, 1.54) is 0 Å². The smallest absolute Gasteiger partial charge is 0.216 e. The minimum atomic E-state index is -0.0432. The van der Waals surface area contributed by atoms with Crippen molar-refractivity contribution in [3.63, 3.8) is 0 Å². The van der Waals surface area contributed by atoms with Crippen LogP contribution in [0.1, 0.15) is 19.7 Å². The van der Waals surface area contributed by atoms with Gasteiger partial charge >= 0.3 is 0 Å². The maximum atomic E-state index is 5.95. The molecule has 8 nitrogen and oxygen atoms in total. The molecule has 1 atom stereocenters. The normalized spacial score (nSPS) is 12.6. The van der Waals surface area contributed by atoms with Crippen molar-refractivity contribution in [2.45, 2.75) is 26.5 Å². The molecule has 2 heterocycles. The van der Waals surface area contributed by atoms with E-state index in [9.17, 15) is 0 Å². The van der Waals surface area contributed by atoms with Gasteiger partial charge in [-0.3, -0.25) is 5.10 Å². The van der Waals surface area contributed by atoms with Gasteiger partial charge in [-0.05, 0) is 54.0 Å². The zero-order chi connectivity index (χ0) is 19.8. The third-order valence-corrected chi connectivity index (χ3v) is 4.38. The minimum absolute atomic E-state index is 0.0432. The van der Waals surface area contributed by atoms with Crippen LogP contribution in [0.5, 0.6) is 5.75 Å². The molecule has 3 N–H and O–H groups in total. The lowest BCUT2D eigenvalue weighted by Gasteiger charge is -2.18. The molecule has 9 heteroatoms. The topological polar surface area (TPSA) is 100 Å². The molecule has 0 amide bonds. The van der Waals surface area contributed by atoms with E-state index in [-0.39, 0.29) is 6.10 Å². The molecule has 0 bridgehead atoms. The summed E-state index contributed by atoms with van der Waals surface area (Å²) in [4.78, 5) is 8.93. The molecule has 1 unspecified atom stereocenters. The van der Waals surface area contributed by atoms with Gasteiger partial charge in [0.25, 0.3) is 0 Å². The van der Waals surface area contributed by atoms with Gasteiger partial charge in [0, 0.05) is 6.54 Å². The van der Waals surface area contributed by atoms with E-state index in [1.54, 1.807) is 12.3 Å². The fourth-order valence-corrected chi connectivity index (χ4v) is 2.80. The number of guanidine groups is 1. The van der Waals surface area contributed by atoms with Crippen molar-refractivity contribution in [1.29, 1.82) is 0 Å². The van der Waals surface area contributed by atoms with Gasteiger partial charge in [-0.2, -0.15) is 0 Å². The van der Waals surface area contributed by atoms with Crippen LogP contribution in [0.2, 0.25) is 0 Å². The monoisotopic (exact) mass is 446 g/mol. The number of benzene rings is 1. The maximum Gasteiger partial charge on any atom is 0.216 e. The first-order chi connectivity index (χ1) is 13.7. The Kier molecular flexibility index (Phi) is 7.07. The van der Waals surface area contributed by atoms with Crippen LogP contribution in [0.4, 0.5) is 0 Å². The van der Waals surface area contributed by atoms with Crippen molar-refractivity contribution in [2.75, 3.05) is 13.1 Å². The Bertz CT molecular complexity index is 893. The molecule has 0 radical (unpaired) electrons. The van der Waals surface area contributed by atoms with Gasteiger partial charge in [-0.1, -0.05) is 12.1 Å². The molecule has 2 aromatic heterocycles. The zero-order valence-electron chi connectivity index (χ0n) is 15.8. The lowest BCUT2D eigenvalue weighted by Crippen LogP contribution is -2.41. The number of furan rings is 1. The van der Waals surface area contributed by atoms with Crippen LogP contribution in [0, 0.1) is 0 Å². The third-order valence-electron chi connectivity index (χ3n) is 3.73. The fraction of sp³-hybridized carbons (Fsp3) is 0.316. The number of nitrogens with one attached hydrogen (secondary N) is 3. The largest absolute Gasteiger partial charge is 0.488 e. The summed E-state index contributed by atoms with van der Waals surface area (Å²) >= 11 is 3.49. The molecule has 28 heavy (non-hydrogen) atoms. The Hall–Kier alpha value is -2.81. The van der Waals surface area contributed by atoms with Crippen LogP contribution in [-0.4, -0.2) is 40.3 Å². The summed E-state index contributed by atoms with van der Waals surface area (Å²) in [5, 5.41) is 13.5. The van der Waals surface area contributed by atoms with E-state index < -0.39 is 0 Å². The lowest BCUT2D eigenvalue weighted by atomic mass is 10.3. The number of hydrogen-bond donors (Lipinski definition) is 3. The standard InChI is InChI=1S/C19H23BrN6O2/c1-3-21-19(22-11-13(2)28-15-8-5-4-7-14(15)20)23-12-17-24-18(26-25-17)16-9-6-10-27-16/h4-10,13H,3,11-12H2,1-2H3,(H2,21,22,23)(H,24,25,26). The van der Waals surface area contributed by atoms with Crippen LogP contribution < -0.4 is 15.4 Å². The molecular weight excluding hydrogens is 424 g/mol. The van der Waals surface area contributed by atoms with E-state index in [1.807, 2.05) is 44.2 Å². The number of ether oxygens (including phenoxy) is 1. The SMILES string of the molecule is CCNC(=NCc1nc(-c2ccco2)n[nH]1)NCC(C)Oc1ccccc1Br. The summed E-state index contributed by atoms with van der Waals surface area (Å²) in [7, 11) is 0. The summed E-state index contributed by atoms with van der Waals surface area (Å²) in [6, 6.07) is 11.4. The second kappa shape index (κ2) is 9.93. The van der Waals surface area contributed by atoms with E-state index in [4.69, 9.17) is 9.15 Å². The van der Waals surface area contributed by atoms with E-state index in [0.29, 0.717) is 36.5 Å². The molecule has 0 saturated carbocycles.